The van der Waals surface area contributed by atoms with Crippen LogP contribution in [0, 0.1) is 18.6 Å². The molecule has 7 heteroatoms. The van der Waals surface area contributed by atoms with Crippen molar-refractivity contribution in [2.45, 2.75) is 19.4 Å². The number of thiophene rings is 1. The smallest absolute Gasteiger partial charge is 0.319 e. The first-order valence-corrected chi connectivity index (χ1v) is 7.39. The van der Waals surface area contributed by atoms with Crippen LogP contribution in [0.5, 0.6) is 0 Å². The molecular weight excluding hydrogens is 310 g/mol. The molecule has 0 saturated carbocycles. The third kappa shape index (κ3) is 4.02. The van der Waals surface area contributed by atoms with Gasteiger partial charge < -0.3 is 10.4 Å². The third-order valence-electron chi connectivity index (χ3n) is 3.08. The quantitative estimate of drug-likeness (QED) is 0.807. The molecule has 0 fully saturated rings. The van der Waals surface area contributed by atoms with Crippen LogP contribution in [0.15, 0.2) is 30.3 Å². The Labute approximate surface area is 130 Å². The van der Waals surface area contributed by atoms with Crippen LogP contribution in [0.2, 0.25) is 0 Å². The maximum Gasteiger partial charge on any atom is 0.319 e. The number of rotatable bonds is 4. The van der Waals surface area contributed by atoms with Gasteiger partial charge in [-0.2, -0.15) is 0 Å². The summed E-state index contributed by atoms with van der Waals surface area (Å²) in [4.78, 5) is 12.8. The van der Waals surface area contributed by atoms with Crippen LogP contribution in [-0.2, 0) is 5.60 Å². The van der Waals surface area contributed by atoms with Crippen LogP contribution in [-0.4, -0.2) is 17.7 Å². The van der Waals surface area contributed by atoms with Crippen LogP contribution in [0.25, 0.3) is 0 Å². The van der Waals surface area contributed by atoms with Gasteiger partial charge >= 0.3 is 6.03 Å². The molecule has 1 atom stereocenters. The highest BCUT2D eigenvalue weighted by Gasteiger charge is 2.27. The van der Waals surface area contributed by atoms with E-state index in [4.69, 9.17) is 0 Å². The van der Waals surface area contributed by atoms with E-state index in [1.807, 2.05) is 13.0 Å². The van der Waals surface area contributed by atoms with Crippen molar-refractivity contribution in [1.82, 2.24) is 5.32 Å². The average Bonchev–Trinajstić information content (AvgIpc) is 2.81. The summed E-state index contributed by atoms with van der Waals surface area (Å²) in [6, 6.07) is 6.03. The molecule has 0 bridgehead atoms. The average molecular weight is 326 g/mol. The third-order valence-corrected chi connectivity index (χ3v) is 4.00. The Hall–Kier alpha value is -1.99. The van der Waals surface area contributed by atoms with E-state index in [0.29, 0.717) is 11.1 Å². The lowest BCUT2D eigenvalue weighted by molar-refractivity contribution is 0.0561. The first-order chi connectivity index (χ1) is 10.3. The lowest BCUT2D eigenvalue weighted by Gasteiger charge is -2.24. The largest absolute Gasteiger partial charge is 0.383 e. The molecule has 0 aliphatic heterocycles. The highest BCUT2D eigenvalue weighted by atomic mass is 32.1. The molecule has 1 aromatic heterocycles. The zero-order valence-electron chi connectivity index (χ0n) is 12.1. The molecule has 0 radical (unpaired) electrons. The van der Waals surface area contributed by atoms with Crippen molar-refractivity contribution in [2.75, 3.05) is 11.9 Å². The molecule has 4 nitrogen and oxygen atoms in total. The van der Waals surface area contributed by atoms with E-state index in [1.54, 1.807) is 6.07 Å². The molecular formula is C15H16F2N2O2S. The van der Waals surface area contributed by atoms with Crippen molar-refractivity contribution >= 4 is 22.4 Å². The van der Waals surface area contributed by atoms with E-state index < -0.39 is 23.3 Å². The second kappa shape index (κ2) is 6.41. The van der Waals surface area contributed by atoms with Gasteiger partial charge in [0.15, 0.2) is 0 Å². The predicted octanol–water partition coefficient (Wildman–Crippen LogP) is 3.36. The highest BCUT2D eigenvalue weighted by Crippen LogP contribution is 2.24. The SMILES string of the molecule is Cc1ccc(NC(=O)NCC(C)(O)c2ccc(F)cc2F)s1. The van der Waals surface area contributed by atoms with E-state index in [0.717, 1.165) is 17.0 Å². The minimum Gasteiger partial charge on any atom is -0.383 e. The Morgan fingerprint density at radius 2 is 2.05 bits per heavy atom. The van der Waals surface area contributed by atoms with Crippen LogP contribution < -0.4 is 10.6 Å². The second-order valence-corrected chi connectivity index (χ2v) is 6.40. The van der Waals surface area contributed by atoms with Crippen molar-refractivity contribution in [3.8, 4) is 0 Å². The first-order valence-electron chi connectivity index (χ1n) is 6.57. The van der Waals surface area contributed by atoms with Crippen LogP contribution >= 0.6 is 11.3 Å². The molecule has 1 aromatic carbocycles. The van der Waals surface area contributed by atoms with Gasteiger partial charge in [0, 0.05) is 16.5 Å². The predicted molar refractivity (Wildman–Crippen MR) is 82.0 cm³/mol. The zero-order valence-corrected chi connectivity index (χ0v) is 12.9. The van der Waals surface area contributed by atoms with Gasteiger partial charge in [-0.25, -0.2) is 13.6 Å². The summed E-state index contributed by atoms with van der Waals surface area (Å²) in [5, 5.41) is 16.0. The Balaban J connectivity index is 1.98. The number of nitrogens with one attached hydrogen (secondary N) is 2. The molecule has 118 valence electrons. The number of halogens is 2. The van der Waals surface area contributed by atoms with Gasteiger partial charge in [-0.3, -0.25) is 5.32 Å². The van der Waals surface area contributed by atoms with E-state index in [2.05, 4.69) is 10.6 Å². The normalized spacial score (nSPS) is 13.5. The fourth-order valence-corrected chi connectivity index (χ4v) is 2.69. The van der Waals surface area contributed by atoms with Crippen molar-refractivity contribution in [3.63, 3.8) is 0 Å². The summed E-state index contributed by atoms with van der Waals surface area (Å²) in [6.07, 6.45) is 0. The number of anilines is 1. The number of carbonyl (C=O) groups excluding carboxylic acids is 1. The van der Waals surface area contributed by atoms with E-state index in [-0.39, 0.29) is 12.1 Å². The molecule has 2 amide bonds. The number of amides is 2. The topological polar surface area (TPSA) is 61.4 Å². The summed E-state index contributed by atoms with van der Waals surface area (Å²) < 4.78 is 26.6. The number of hydrogen-bond donors (Lipinski definition) is 3. The van der Waals surface area contributed by atoms with E-state index in [9.17, 15) is 18.7 Å². The standard InChI is InChI=1S/C15H16F2N2O2S/c1-9-3-6-13(22-9)19-14(20)18-8-15(2,21)11-5-4-10(16)7-12(11)17/h3-7,21H,8H2,1-2H3,(H2,18,19,20). The molecule has 0 spiro atoms. The summed E-state index contributed by atoms with van der Waals surface area (Å²) >= 11 is 1.41. The van der Waals surface area contributed by atoms with Crippen molar-refractivity contribution in [2.24, 2.45) is 0 Å². The van der Waals surface area contributed by atoms with Gasteiger partial charge in [0.2, 0.25) is 0 Å². The van der Waals surface area contributed by atoms with Crippen LogP contribution in [0.4, 0.5) is 18.6 Å². The number of aryl methyl sites for hydroxylation is 1. The fraction of sp³-hybridized carbons (Fsp3) is 0.267. The molecule has 0 saturated heterocycles. The van der Waals surface area contributed by atoms with Crippen molar-refractivity contribution in [1.29, 1.82) is 0 Å². The Bertz CT molecular complexity index is 686. The number of urea groups is 1. The van der Waals surface area contributed by atoms with Crippen molar-refractivity contribution in [3.05, 3.63) is 52.4 Å². The molecule has 0 aliphatic carbocycles. The second-order valence-electron chi connectivity index (χ2n) is 5.12. The van der Waals surface area contributed by atoms with Gasteiger partial charge in [0.1, 0.15) is 17.2 Å². The maximum atomic E-state index is 13.7. The Kier molecular flexibility index (Phi) is 4.77. The lowest BCUT2D eigenvalue weighted by Crippen LogP contribution is -2.41. The fourth-order valence-electron chi connectivity index (χ4n) is 1.93. The molecule has 22 heavy (non-hydrogen) atoms. The molecule has 0 aliphatic rings. The van der Waals surface area contributed by atoms with Crippen molar-refractivity contribution < 1.29 is 18.7 Å². The number of aliphatic hydroxyl groups is 1. The number of hydrogen-bond acceptors (Lipinski definition) is 3. The number of carbonyl (C=O) groups is 1. The molecule has 1 unspecified atom stereocenters. The lowest BCUT2D eigenvalue weighted by atomic mass is 9.95. The zero-order chi connectivity index (χ0) is 16.3. The number of benzene rings is 1. The highest BCUT2D eigenvalue weighted by molar-refractivity contribution is 7.16. The minimum atomic E-state index is -1.65. The Morgan fingerprint density at radius 3 is 2.64 bits per heavy atom. The molecule has 2 aromatic rings. The maximum absolute atomic E-state index is 13.7. The summed E-state index contributed by atoms with van der Waals surface area (Å²) in [5.74, 6) is -1.59. The van der Waals surface area contributed by atoms with E-state index >= 15 is 0 Å². The van der Waals surface area contributed by atoms with Crippen LogP contribution in [0.1, 0.15) is 17.4 Å². The van der Waals surface area contributed by atoms with Gasteiger partial charge in [-0.1, -0.05) is 6.07 Å². The molecule has 2 rings (SSSR count). The van der Waals surface area contributed by atoms with Gasteiger partial charge in [-0.15, -0.1) is 11.3 Å². The van der Waals surface area contributed by atoms with E-state index in [1.165, 1.54) is 18.3 Å². The van der Waals surface area contributed by atoms with Crippen LogP contribution in [0.3, 0.4) is 0 Å². The molecule has 3 N–H and O–H groups in total. The molecule has 1 heterocycles. The Morgan fingerprint density at radius 1 is 1.32 bits per heavy atom. The van der Waals surface area contributed by atoms with Gasteiger partial charge in [0.25, 0.3) is 0 Å². The summed E-state index contributed by atoms with van der Waals surface area (Å²) in [5.41, 5.74) is -1.73. The minimum absolute atomic E-state index is 0.0823. The first kappa shape index (κ1) is 16.4. The monoisotopic (exact) mass is 326 g/mol. The summed E-state index contributed by atoms with van der Waals surface area (Å²) in [6.45, 7) is 3.04. The van der Waals surface area contributed by atoms with Gasteiger partial charge in [-0.05, 0) is 32.0 Å². The summed E-state index contributed by atoms with van der Waals surface area (Å²) in [7, 11) is 0. The van der Waals surface area contributed by atoms with Gasteiger partial charge in [0.05, 0.1) is 11.5 Å².